The van der Waals surface area contributed by atoms with Gasteiger partial charge in [0.2, 0.25) is 0 Å². The van der Waals surface area contributed by atoms with Gasteiger partial charge >= 0.3 is 5.97 Å². The molecule has 0 aliphatic heterocycles. The van der Waals surface area contributed by atoms with E-state index in [0.29, 0.717) is 6.42 Å². The van der Waals surface area contributed by atoms with Crippen molar-refractivity contribution in [2.45, 2.75) is 142 Å². The number of unbranched alkanes of at least 4 members (excludes halogenated alkanes) is 16. The van der Waals surface area contributed by atoms with Crippen LogP contribution in [-0.4, -0.2) is 11.1 Å². The summed E-state index contributed by atoms with van der Waals surface area (Å²) in [5.74, 6) is -0.661. The zero-order valence-electron chi connectivity index (χ0n) is 20.7. The third-order valence-corrected chi connectivity index (χ3v) is 5.78. The first-order chi connectivity index (χ1) is 15.3. The maximum Gasteiger partial charge on any atom is 0.303 e. The third-order valence-electron chi connectivity index (χ3n) is 5.78. The number of aliphatic carboxylic acids is 1. The molecule has 0 amide bonds. The van der Waals surface area contributed by atoms with Crippen LogP contribution in [0.15, 0.2) is 36.5 Å². The standard InChI is InChI=1S/C29H52O2/c1-2-3-4-5-6-7-8-9-10-11-12-13-14-15-16-17-18-19-20-21-22-23-24-25-26-27-28-29(30)31/h10-11,13-14,16-17H,2-9,12,15,18-28H2,1H3,(H,30,31). The van der Waals surface area contributed by atoms with Crippen molar-refractivity contribution in [1.82, 2.24) is 0 Å². The fourth-order valence-corrected chi connectivity index (χ4v) is 3.77. The van der Waals surface area contributed by atoms with E-state index in [2.05, 4.69) is 43.4 Å². The topological polar surface area (TPSA) is 37.3 Å². The lowest BCUT2D eigenvalue weighted by Crippen LogP contribution is -1.93. The predicted molar refractivity (Wildman–Crippen MR) is 138 cm³/mol. The van der Waals surface area contributed by atoms with Crippen LogP contribution in [-0.2, 0) is 4.79 Å². The molecule has 180 valence electrons. The molecule has 0 saturated heterocycles. The summed E-state index contributed by atoms with van der Waals surface area (Å²) >= 11 is 0. The lowest BCUT2D eigenvalue weighted by Gasteiger charge is -2.01. The lowest BCUT2D eigenvalue weighted by molar-refractivity contribution is -0.137. The fourth-order valence-electron chi connectivity index (χ4n) is 3.77. The van der Waals surface area contributed by atoms with Gasteiger partial charge in [0, 0.05) is 6.42 Å². The van der Waals surface area contributed by atoms with Gasteiger partial charge in [-0.2, -0.15) is 0 Å². The predicted octanol–water partition coefficient (Wildman–Crippen LogP) is 9.95. The van der Waals surface area contributed by atoms with Crippen molar-refractivity contribution in [1.29, 1.82) is 0 Å². The monoisotopic (exact) mass is 432 g/mol. The largest absolute Gasteiger partial charge is 0.481 e. The smallest absolute Gasteiger partial charge is 0.303 e. The zero-order valence-corrected chi connectivity index (χ0v) is 20.7. The number of allylic oxidation sites excluding steroid dienone is 6. The van der Waals surface area contributed by atoms with Gasteiger partial charge in [0.25, 0.3) is 0 Å². The van der Waals surface area contributed by atoms with Crippen LogP contribution in [0.5, 0.6) is 0 Å². The Kier molecular flexibility index (Phi) is 25.6. The first kappa shape index (κ1) is 29.7. The Bertz CT molecular complexity index is 448. The normalized spacial score (nSPS) is 12.0. The van der Waals surface area contributed by atoms with Crippen LogP contribution in [0.4, 0.5) is 0 Å². The average Bonchev–Trinajstić information content (AvgIpc) is 2.76. The highest BCUT2D eigenvalue weighted by molar-refractivity contribution is 5.66. The van der Waals surface area contributed by atoms with Crippen LogP contribution in [0.2, 0.25) is 0 Å². The molecular formula is C29H52O2. The van der Waals surface area contributed by atoms with E-state index in [-0.39, 0.29) is 0 Å². The van der Waals surface area contributed by atoms with Gasteiger partial charge in [0.15, 0.2) is 0 Å². The Morgan fingerprint density at radius 2 is 0.871 bits per heavy atom. The molecule has 0 aliphatic carbocycles. The van der Waals surface area contributed by atoms with Gasteiger partial charge in [-0.25, -0.2) is 0 Å². The number of carboxylic acids is 1. The van der Waals surface area contributed by atoms with Crippen molar-refractivity contribution in [3.05, 3.63) is 36.5 Å². The highest BCUT2D eigenvalue weighted by Gasteiger charge is 1.96. The summed E-state index contributed by atoms with van der Waals surface area (Å²) in [5, 5.41) is 8.59. The number of hydrogen-bond acceptors (Lipinski definition) is 1. The van der Waals surface area contributed by atoms with Gasteiger partial charge in [-0.1, -0.05) is 127 Å². The minimum atomic E-state index is -0.661. The molecular weight excluding hydrogens is 380 g/mol. The van der Waals surface area contributed by atoms with E-state index in [1.807, 2.05) is 0 Å². The van der Waals surface area contributed by atoms with Gasteiger partial charge in [-0.15, -0.1) is 0 Å². The Morgan fingerprint density at radius 3 is 1.29 bits per heavy atom. The Labute approximate surface area is 194 Å². The summed E-state index contributed by atoms with van der Waals surface area (Å²) in [6, 6.07) is 0. The molecule has 0 aromatic heterocycles. The molecule has 0 fully saturated rings. The maximum atomic E-state index is 10.4. The molecule has 0 aromatic carbocycles. The van der Waals surface area contributed by atoms with E-state index in [9.17, 15) is 4.79 Å². The molecule has 31 heavy (non-hydrogen) atoms. The summed E-state index contributed by atoms with van der Waals surface area (Å²) in [6.45, 7) is 2.28. The van der Waals surface area contributed by atoms with E-state index in [1.165, 1.54) is 103 Å². The number of hydrogen-bond donors (Lipinski definition) is 1. The molecule has 0 unspecified atom stereocenters. The highest BCUT2D eigenvalue weighted by atomic mass is 16.4. The molecule has 0 heterocycles. The molecule has 0 aliphatic rings. The van der Waals surface area contributed by atoms with Crippen LogP contribution in [0.1, 0.15) is 142 Å². The van der Waals surface area contributed by atoms with Gasteiger partial charge < -0.3 is 5.11 Å². The third kappa shape index (κ3) is 28.7. The minimum absolute atomic E-state index is 0.333. The van der Waals surface area contributed by atoms with E-state index in [1.54, 1.807) is 0 Å². The first-order valence-corrected chi connectivity index (χ1v) is 13.4. The molecule has 0 radical (unpaired) electrons. The van der Waals surface area contributed by atoms with Crippen molar-refractivity contribution >= 4 is 5.97 Å². The van der Waals surface area contributed by atoms with Crippen molar-refractivity contribution in [3.63, 3.8) is 0 Å². The molecule has 0 atom stereocenters. The number of carboxylic acid groups (broad SMARTS) is 1. The summed E-state index contributed by atoms with van der Waals surface area (Å²) in [6.07, 6.45) is 39.5. The highest BCUT2D eigenvalue weighted by Crippen LogP contribution is 2.12. The second kappa shape index (κ2) is 26.7. The molecule has 0 rings (SSSR count). The van der Waals surface area contributed by atoms with Gasteiger partial charge in [0.1, 0.15) is 0 Å². The molecule has 2 heteroatoms. The van der Waals surface area contributed by atoms with Crippen molar-refractivity contribution in [3.8, 4) is 0 Å². The maximum absolute atomic E-state index is 10.4. The first-order valence-electron chi connectivity index (χ1n) is 13.4. The van der Waals surface area contributed by atoms with Gasteiger partial charge in [-0.3, -0.25) is 4.79 Å². The van der Waals surface area contributed by atoms with Crippen LogP contribution >= 0.6 is 0 Å². The molecule has 2 nitrogen and oxygen atoms in total. The second-order valence-electron chi connectivity index (χ2n) is 8.91. The van der Waals surface area contributed by atoms with Crippen molar-refractivity contribution in [2.24, 2.45) is 0 Å². The molecule has 1 N–H and O–H groups in total. The van der Waals surface area contributed by atoms with E-state index < -0.39 is 5.97 Å². The zero-order chi connectivity index (χ0) is 22.7. The SMILES string of the molecule is CCCCCCCCCC=CCC=CCC=CCCCCCCCCCCCC(=O)O. The lowest BCUT2D eigenvalue weighted by atomic mass is 10.1. The Hall–Kier alpha value is -1.31. The van der Waals surface area contributed by atoms with Crippen molar-refractivity contribution in [2.75, 3.05) is 0 Å². The Balaban J connectivity index is 3.24. The summed E-state index contributed by atoms with van der Waals surface area (Å²) in [7, 11) is 0. The summed E-state index contributed by atoms with van der Waals surface area (Å²) in [4.78, 5) is 10.4. The molecule has 0 bridgehead atoms. The summed E-state index contributed by atoms with van der Waals surface area (Å²) < 4.78 is 0. The fraction of sp³-hybridized carbons (Fsp3) is 0.759. The van der Waals surface area contributed by atoms with Crippen LogP contribution in [0, 0.1) is 0 Å². The van der Waals surface area contributed by atoms with Crippen LogP contribution < -0.4 is 0 Å². The quantitative estimate of drug-likeness (QED) is 0.122. The van der Waals surface area contributed by atoms with Gasteiger partial charge in [-0.05, 0) is 44.9 Å². The minimum Gasteiger partial charge on any atom is -0.481 e. The average molecular weight is 433 g/mol. The van der Waals surface area contributed by atoms with Crippen molar-refractivity contribution < 1.29 is 9.90 Å². The van der Waals surface area contributed by atoms with Crippen LogP contribution in [0.3, 0.4) is 0 Å². The van der Waals surface area contributed by atoms with E-state index >= 15 is 0 Å². The molecule has 0 saturated carbocycles. The molecule has 0 spiro atoms. The second-order valence-corrected chi connectivity index (χ2v) is 8.91. The van der Waals surface area contributed by atoms with E-state index in [4.69, 9.17) is 5.11 Å². The van der Waals surface area contributed by atoms with Crippen LogP contribution in [0.25, 0.3) is 0 Å². The van der Waals surface area contributed by atoms with E-state index in [0.717, 1.165) is 25.7 Å². The molecule has 0 aromatic rings. The Morgan fingerprint density at radius 1 is 0.516 bits per heavy atom. The van der Waals surface area contributed by atoms with Gasteiger partial charge in [0.05, 0.1) is 0 Å². The summed E-state index contributed by atoms with van der Waals surface area (Å²) in [5.41, 5.74) is 0. The number of carbonyl (C=O) groups is 1. The number of rotatable bonds is 24.